The summed E-state index contributed by atoms with van der Waals surface area (Å²) in [4.78, 5) is 27.9. The van der Waals surface area contributed by atoms with Crippen LogP contribution in [0.2, 0.25) is 0 Å². The Kier molecular flexibility index (Phi) is 6.61. The molecule has 0 unspecified atom stereocenters. The number of phenolic OH excluding ortho intramolecular Hbond substituents is 1. The molecule has 1 aromatic carbocycles. The van der Waals surface area contributed by atoms with Crippen LogP contribution in [0.3, 0.4) is 0 Å². The lowest BCUT2D eigenvalue weighted by atomic mass is 9.72. The molecule has 0 spiro atoms. The van der Waals surface area contributed by atoms with Crippen LogP contribution < -0.4 is 10.1 Å². The van der Waals surface area contributed by atoms with Gasteiger partial charge in [0.1, 0.15) is 0 Å². The van der Waals surface area contributed by atoms with E-state index in [1.165, 1.54) is 4.88 Å². The summed E-state index contributed by atoms with van der Waals surface area (Å²) in [5.41, 5.74) is 3.24. The molecule has 0 fully saturated rings. The van der Waals surface area contributed by atoms with Crippen molar-refractivity contribution in [3.05, 3.63) is 68.7 Å². The molecule has 7 heteroatoms. The predicted molar refractivity (Wildman–Crippen MR) is 127 cm³/mol. The van der Waals surface area contributed by atoms with Gasteiger partial charge >= 0.3 is 5.97 Å². The van der Waals surface area contributed by atoms with Crippen LogP contribution >= 0.6 is 11.3 Å². The van der Waals surface area contributed by atoms with Crippen LogP contribution in [-0.2, 0) is 14.3 Å². The second-order valence-corrected chi connectivity index (χ2v) is 9.63. The van der Waals surface area contributed by atoms with E-state index in [0.29, 0.717) is 47.6 Å². The molecule has 33 heavy (non-hydrogen) atoms. The number of ether oxygens (including phenoxy) is 2. The lowest BCUT2D eigenvalue weighted by molar-refractivity contribution is -0.143. The van der Waals surface area contributed by atoms with Crippen molar-refractivity contribution in [3.63, 3.8) is 0 Å². The molecule has 1 aliphatic carbocycles. The smallest absolute Gasteiger partial charge is 0.337 e. The number of esters is 1. The summed E-state index contributed by atoms with van der Waals surface area (Å²) in [5.74, 6) is -0.580. The summed E-state index contributed by atoms with van der Waals surface area (Å²) in [7, 11) is 0. The number of Topliss-reactive ketones (excluding diaryl/α,β-unsaturated/α-hetero) is 1. The number of phenols is 1. The van der Waals surface area contributed by atoms with Gasteiger partial charge in [0.15, 0.2) is 17.3 Å². The summed E-state index contributed by atoms with van der Waals surface area (Å²) < 4.78 is 11.1. The van der Waals surface area contributed by atoms with Gasteiger partial charge in [-0.1, -0.05) is 12.1 Å². The quantitative estimate of drug-likeness (QED) is 0.571. The van der Waals surface area contributed by atoms with E-state index >= 15 is 0 Å². The number of nitrogens with one attached hydrogen (secondary N) is 1. The van der Waals surface area contributed by atoms with Crippen LogP contribution in [0.15, 0.2) is 58.3 Å². The predicted octanol–water partition coefficient (Wildman–Crippen LogP) is 5.17. The Balaban J connectivity index is 1.83. The zero-order valence-corrected chi connectivity index (χ0v) is 20.1. The van der Waals surface area contributed by atoms with E-state index < -0.39 is 11.9 Å². The first-order chi connectivity index (χ1) is 15.8. The number of hydrogen-bond donors (Lipinski definition) is 2. The van der Waals surface area contributed by atoms with Crippen molar-refractivity contribution in [1.29, 1.82) is 0 Å². The van der Waals surface area contributed by atoms with E-state index in [0.717, 1.165) is 5.70 Å². The van der Waals surface area contributed by atoms with E-state index in [2.05, 4.69) is 11.4 Å². The van der Waals surface area contributed by atoms with Crippen LogP contribution in [0.4, 0.5) is 0 Å². The normalized spacial score (nSPS) is 20.6. The first kappa shape index (κ1) is 23.1. The number of hydrogen-bond acceptors (Lipinski definition) is 7. The van der Waals surface area contributed by atoms with Crippen molar-refractivity contribution in [2.45, 2.75) is 58.5 Å². The highest BCUT2D eigenvalue weighted by Crippen LogP contribution is 2.47. The van der Waals surface area contributed by atoms with Gasteiger partial charge in [-0.2, -0.15) is 0 Å². The third-order valence-corrected chi connectivity index (χ3v) is 6.99. The molecule has 0 bridgehead atoms. The fraction of sp³-hybridized carbons (Fsp3) is 0.385. The molecule has 1 aromatic heterocycles. The second-order valence-electron chi connectivity index (χ2n) is 8.65. The van der Waals surface area contributed by atoms with Gasteiger partial charge in [0.05, 0.1) is 18.3 Å². The first-order valence-electron chi connectivity index (χ1n) is 11.2. The molecule has 0 saturated heterocycles. The number of allylic oxidation sites excluding steroid dienone is 3. The minimum absolute atomic E-state index is 0.0144. The highest BCUT2D eigenvalue weighted by Gasteiger charge is 2.42. The highest BCUT2D eigenvalue weighted by atomic mass is 32.1. The summed E-state index contributed by atoms with van der Waals surface area (Å²) >= 11 is 1.66. The maximum absolute atomic E-state index is 13.5. The average molecular weight is 468 g/mol. The molecule has 174 valence electrons. The third kappa shape index (κ3) is 4.55. The van der Waals surface area contributed by atoms with E-state index in [4.69, 9.17) is 9.47 Å². The fourth-order valence-electron chi connectivity index (χ4n) is 4.63. The Bertz CT molecular complexity index is 1130. The summed E-state index contributed by atoms with van der Waals surface area (Å²) in [6.07, 6.45) is 0.788. The number of carbonyl (C=O) groups excluding carboxylic acids is 2. The molecular formula is C26H29NO5S. The standard InChI is InChI=1S/C26H29NO5S/c1-5-31-21-13-16(8-9-19(21)28)24-23(26(30)32-14(2)3)15(4)27-18-11-17(12-20(29)25(18)24)22-7-6-10-33-22/h6-10,13-14,17,24,27-28H,5,11-12H2,1-4H3/t17-,24+/m0/s1. The minimum atomic E-state index is -0.593. The van der Waals surface area contributed by atoms with Crippen molar-refractivity contribution in [1.82, 2.24) is 5.32 Å². The van der Waals surface area contributed by atoms with Gasteiger partial charge < -0.3 is 19.9 Å². The number of benzene rings is 1. The van der Waals surface area contributed by atoms with Crippen LogP contribution in [0.25, 0.3) is 0 Å². The maximum Gasteiger partial charge on any atom is 0.337 e. The molecule has 2 aliphatic rings. The number of aromatic hydroxyl groups is 1. The summed E-state index contributed by atoms with van der Waals surface area (Å²) in [6.45, 7) is 7.67. The molecule has 1 aliphatic heterocycles. The zero-order valence-electron chi connectivity index (χ0n) is 19.3. The molecule has 0 amide bonds. The Morgan fingerprint density at radius 2 is 2.06 bits per heavy atom. The number of rotatable bonds is 6. The van der Waals surface area contributed by atoms with E-state index in [1.807, 2.05) is 25.3 Å². The molecule has 6 nitrogen and oxygen atoms in total. The van der Waals surface area contributed by atoms with Crippen molar-refractivity contribution < 1.29 is 24.2 Å². The Hall–Kier alpha value is -3.06. The van der Waals surface area contributed by atoms with E-state index in [-0.39, 0.29) is 23.6 Å². The first-order valence-corrected chi connectivity index (χ1v) is 12.1. The number of ketones is 1. The molecule has 4 rings (SSSR count). The van der Waals surface area contributed by atoms with Crippen molar-refractivity contribution in [3.8, 4) is 11.5 Å². The monoisotopic (exact) mass is 467 g/mol. The largest absolute Gasteiger partial charge is 0.504 e. The van der Waals surface area contributed by atoms with Gasteiger partial charge in [-0.05, 0) is 63.3 Å². The molecule has 2 aromatic rings. The van der Waals surface area contributed by atoms with Crippen molar-refractivity contribution >= 4 is 23.1 Å². The van der Waals surface area contributed by atoms with E-state index in [1.54, 1.807) is 43.4 Å². The van der Waals surface area contributed by atoms with Crippen molar-refractivity contribution in [2.24, 2.45) is 0 Å². The number of thiophene rings is 1. The van der Waals surface area contributed by atoms with E-state index in [9.17, 15) is 14.7 Å². The highest BCUT2D eigenvalue weighted by molar-refractivity contribution is 7.10. The molecule has 2 atom stereocenters. The zero-order chi connectivity index (χ0) is 23.7. The lowest BCUT2D eigenvalue weighted by Crippen LogP contribution is -2.36. The molecular weight excluding hydrogens is 438 g/mol. The van der Waals surface area contributed by atoms with Crippen LogP contribution in [0.5, 0.6) is 11.5 Å². The third-order valence-electron chi connectivity index (χ3n) is 5.95. The number of dihydropyridines is 1. The Morgan fingerprint density at radius 1 is 1.27 bits per heavy atom. The van der Waals surface area contributed by atoms with Gasteiger partial charge in [-0.15, -0.1) is 11.3 Å². The molecule has 0 radical (unpaired) electrons. The van der Waals surface area contributed by atoms with Gasteiger partial charge in [0.2, 0.25) is 0 Å². The van der Waals surface area contributed by atoms with Gasteiger partial charge in [0, 0.05) is 40.1 Å². The van der Waals surface area contributed by atoms with Crippen LogP contribution in [-0.4, -0.2) is 29.6 Å². The van der Waals surface area contributed by atoms with Crippen molar-refractivity contribution in [2.75, 3.05) is 6.61 Å². The van der Waals surface area contributed by atoms with Gasteiger partial charge in [0.25, 0.3) is 0 Å². The lowest BCUT2D eigenvalue weighted by Gasteiger charge is -2.36. The van der Waals surface area contributed by atoms with Crippen LogP contribution in [0.1, 0.15) is 62.8 Å². The molecule has 2 heterocycles. The Labute approximate surface area is 197 Å². The SMILES string of the molecule is CCOc1cc([C@@H]2C(C(=O)OC(C)C)=C(C)NC3=C2C(=O)C[C@@H](c2cccs2)C3)ccc1O. The molecule has 0 saturated carbocycles. The minimum Gasteiger partial charge on any atom is -0.504 e. The Morgan fingerprint density at radius 3 is 2.73 bits per heavy atom. The second kappa shape index (κ2) is 9.43. The fourth-order valence-corrected chi connectivity index (χ4v) is 5.46. The van der Waals surface area contributed by atoms with Gasteiger partial charge in [-0.25, -0.2) is 4.79 Å². The molecule has 2 N–H and O–H groups in total. The van der Waals surface area contributed by atoms with Crippen LogP contribution in [0, 0.1) is 0 Å². The van der Waals surface area contributed by atoms with Gasteiger partial charge in [-0.3, -0.25) is 4.79 Å². The summed E-state index contributed by atoms with van der Waals surface area (Å²) in [5, 5.41) is 15.6. The maximum atomic E-state index is 13.5. The topological polar surface area (TPSA) is 84.9 Å². The number of carbonyl (C=O) groups is 2. The summed E-state index contributed by atoms with van der Waals surface area (Å²) in [6, 6.07) is 9.07. The average Bonchev–Trinajstić information content (AvgIpc) is 3.29.